The quantitative estimate of drug-likeness (QED) is 0.926. The van der Waals surface area contributed by atoms with Crippen LogP contribution in [0.4, 0.5) is 5.69 Å². The highest BCUT2D eigenvalue weighted by Crippen LogP contribution is 2.21. The van der Waals surface area contributed by atoms with E-state index in [2.05, 4.69) is 31.4 Å². The van der Waals surface area contributed by atoms with Crippen LogP contribution in [0.15, 0.2) is 40.9 Å². The van der Waals surface area contributed by atoms with Crippen LogP contribution >= 0.6 is 15.9 Å². The lowest BCUT2D eigenvalue weighted by atomic mass is 10.3. The normalized spacial score (nSPS) is 10.0. The number of amides is 1. The van der Waals surface area contributed by atoms with E-state index in [4.69, 9.17) is 0 Å². The van der Waals surface area contributed by atoms with Crippen molar-refractivity contribution in [2.24, 2.45) is 0 Å². The lowest BCUT2D eigenvalue weighted by Crippen LogP contribution is -2.14. The topological polar surface area (TPSA) is 54.9 Å². The molecule has 2 aromatic rings. The number of carbonyl (C=O) groups is 1. The van der Waals surface area contributed by atoms with Crippen molar-refractivity contribution >= 4 is 27.5 Å². The Morgan fingerprint density at radius 1 is 1.18 bits per heavy atom. The molecular weight excluding hydrogens is 282 g/mol. The van der Waals surface area contributed by atoms with E-state index in [0.717, 1.165) is 10.2 Å². The Labute approximate surface area is 107 Å². The Hall–Kier alpha value is -1.75. The minimum absolute atomic E-state index is 0.274. The van der Waals surface area contributed by atoms with E-state index in [1.165, 1.54) is 0 Å². The minimum Gasteiger partial charge on any atom is -0.320 e. The molecule has 0 saturated heterocycles. The number of hydrogen-bond donors (Lipinski definition) is 1. The van der Waals surface area contributed by atoms with Gasteiger partial charge in [-0.1, -0.05) is 12.1 Å². The van der Waals surface area contributed by atoms with Gasteiger partial charge in [-0.15, -0.1) is 5.10 Å². The molecule has 1 amide bonds. The molecule has 5 heteroatoms. The van der Waals surface area contributed by atoms with Crippen LogP contribution in [0, 0.1) is 6.92 Å². The molecule has 4 nitrogen and oxygen atoms in total. The first-order valence-corrected chi connectivity index (χ1v) is 5.82. The van der Waals surface area contributed by atoms with Crippen molar-refractivity contribution in [2.75, 3.05) is 5.32 Å². The molecule has 0 aliphatic carbocycles. The smallest absolute Gasteiger partial charge is 0.276 e. The summed E-state index contributed by atoms with van der Waals surface area (Å²) in [7, 11) is 0. The van der Waals surface area contributed by atoms with E-state index in [9.17, 15) is 4.79 Å². The number of halogens is 1. The zero-order chi connectivity index (χ0) is 12.3. The van der Waals surface area contributed by atoms with Gasteiger partial charge in [-0.25, -0.2) is 0 Å². The summed E-state index contributed by atoms with van der Waals surface area (Å²) in [5.41, 5.74) is 1.79. The number of carbonyl (C=O) groups excluding carboxylic acids is 1. The predicted molar refractivity (Wildman–Crippen MR) is 68.9 cm³/mol. The van der Waals surface area contributed by atoms with Gasteiger partial charge in [0.1, 0.15) is 0 Å². The summed E-state index contributed by atoms with van der Waals surface area (Å²) in [5, 5.41) is 10.4. The van der Waals surface area contributed by atoms with Crippen LogP contribution < -0.4 is 5.32 Å². The number of hydrogen-bond acceptors (Lipinski definition) is 3. The molecule has 0 aliphatic rings. The maximum Gasteiger partial charge on any atom is 0.276 e. The zero-order valence-corrected chi connectivity index (χ0v) is 10.7. The van der Waals surface area contributed by atoms with Crippen LogP contribution in [0.1, 0.15) is 16.2 Å². The van der Waals surface area contributed by atoms with Crippen molar-refractivity contribution in [3.05, 3.63) is 52.3 Å². The first-order chi connectivity index (χ1) is 8.16. The van der Waals surface area contributed by atoms with Gasteiger partial charge in [0.2, 0.25) is 0 Å². The Kier molecular flexibility index (Phi) is 3.49. The summed E-state index contributed by atoms with van der Waals surface area (Å²) in [6.45, 7) is 1.82. The summed E-state index contributed by atoms with van der Waals surface area (Å²) in [5.74, 6) is -0.274. The van der Waals surface area contributed by atoms with E-state index in [1.807, 2.05) is 31.2 Å². The largest absolute Gasteiger partial charge is 0.320 e. The molecule has 0 bridgehead atoms. The van der Waals surface area contributed by atoms with Crippen LogP contribution in [-0.4, -0.2) is 16.1 Å². The van der Waals surface area contributed by atoms with Gasteiger partial charge in [0.05, 0.1) is 11.4 Å². The monoisotopic (exact) mass is 291 g/mol. The number of rotatable bonds is 2. The summed E-state index contributed by atoms with van der Waals surface area (Å²) in [4.78, 5) is 11.8. The van der Waals surface area contributed by atoms with Gasteiger partial charge in [-0.05, 0) is 47.1 Å². The van der Waals surface area contributed by atoms with Crippen molar-refractivity contribution in [3.8, 4) is 0 Å². The molecule has 0 atom stereocenters. The molecule has 0 unspecified atom stereocenters. The Balaban J connectivity index is 2.17. The van der Waals surface area contributed by atoms with E-state index in [0.29, 0.717) is 11.4 Å². The third-order valence-corrected chi connectivity index (χ3v) is 2.84. The molecule has 0 fully saturated rings. The first-order valence-electron chi connectivity index (χ1n) is 5.03. The molecule has 1 aromatic heterocycles. The number of aromatic nitrogens is 2. The van der Waals surface area contributed by atoms with Crippen LogP contribution in [-0.2, 0) is 0 Å². The van der Waals surface area contributed by atoms with Gasteiger partial charge in [-0.3, -0.25) is 4.79 Å². The summed E-state index contributed by atoms with van der Waals surface area (Å²) in [6, 6.07) is 10.8. The maximum atomic E-state index is 11.8. The van der Waals surface area contributed by atoms with Crippen molar-refractivity contribution in [3.63, 3.8) is 0 Å². The van der Waals surface area contributed by atoms with Crippen molar-refractivity contribution in [2.45, 2.75) is 6.92 Å². The lowest BCUT2D eigenvalue weighted by molar-refractivity contribution is 0.102. The highest BCUT2D eigenvalue weighted by molar-refractivity contribution is 9.10. The van der Waals surface area contributed by atoms with Crippen LogP contribution in [0.25, 0.3) is 0 Å². The highest BCUT2D eigenvalue weighted by Gasteiger charge is 2.09. The Bertz CT molecular complexity index is 540. The minimum atomic E-state index is -0.274. The zero-order valence-electron chi connectivity index (χ0n) is 9.14. The molecule has 86 valence electrons. The highest BCUT2D eigenvalue weighted by atomic mass is 79.9. The van der Waals surface area contributed by atoms with Gasteiger partial charge in [0.15, 0.2) is 5.69 Å². The Morgan fingerprint density at radius 3 is 2.59 bits per heavy atom. The fraction of sp³-hybridized carbons (Fsp3) is 0.0833. The molecule has 0 aliphatic heterocycles. The SMILES string of the molecule is Cc1ccc(C(=O)Nc2ccccc2Br)nn1. The van der Waals surface area contributed by atoms with Gasteiger partial charge < -0.3 is 5.32 Å². The third-order valence-electron chi connectivity index (χ3n) is 2.15. The van der Waals surface area contributed by atoms with Crippen LogP contribution in [0.2, 0.25) is 0 Å². The average molecular weight is 292 g/mol. The first kappa shape index (κ1) is 11.7. The standard InChI is InChI=1S/C12H10BrN3O/c1-8-6-7-11(16-15-8)12(17)14-10-5-3-2-4-9(10)13/h2-7H,1H3,(H,14,17). The molecule has 0 saturated carbocycles. The number of nitrogens with zero attached hydrogens (tertiary/aromatic N) is 2. The lowest BCUT2D eigenvalue weighted by Gasteiger charge is -2.05. The van der Waals surface area contributed by atoms with E-state index < -0.39 is 0 Å². The van der Waals surface area contributed by atoms with E-state index >= 15 is 0 Å². The molecule has 1 N–H and O–H groups in total. The molecular formula is C12H10BrN3O. The van der Waals surface area contributed by atoms with E-state index in [-0.39, 0.29) is 5.91 Å². The van der Waals surface area contributed by atoms with E-state index in [1.54, 1.807) is 12.1 Å². The second-order valence-corrected chi connectivity index (χ2v) is 4.35. The summed E-state index contributed by atoms with van der Waals surface area (Å²) < 4.78 is 0.827. The fourth-order valence-electron chi connectivity index (χ4n) is 1.27. The molecule has 1 aromatic carbocycles. The van der Waals surface area contributed by atoms with Crippen molar-refractivity contribution in [1.29, 1.82) is 0 Å². The fourth-order valence-corrected chi connectivity index (χ4v) is 1.65. The number of para-hydroxylation sites is 1. The number of nitrogens with one attached hydrogen (secondary N) is 1. The van der Waals surface area contributed by atoms with Gasteiger partial charge in [0.25, 0.3) is 5.91 Å². The summed E-state index contributed by atoms with van der Waals surface area (Å²) in [6.07, 6.45) is 0. The molecule has 0 spiro atoms. The average Bonchev–Trinajstić information content (AvgIpc) is 2.33. The third kappa shape index (κ3) is 2.88. The maximum absolute atomic E-state index is 11.8. The molecule has 1 heterocycles. The van der Waals surface area contributed by atoms with Gasteiger partial charge in [-0.2, -0.15) is 5.10 Å². The summed E-state index contributed by atoms with van der Waals surface area (Å²) >= 11 is 3.36. The number of anilines is 1. The number of aryl methyl sites for hydroxylation is 1. The molecule has 0 radical (unpaired) electrons. The Morgan fingerprint density at radius 2 is 1.94 bits per heavy atom. The van der Waals surface area contributed by atoms with Crippen molar-refractivity contribution in [1.82, 2.24) is 10.2 Å². The second-order valence-electron chi connectivity index (χ2n) is 3.49. The molecule has 2 rings (SSSR count). The predicted octanol–water partition coefficient (Wildman–Crippen LogP) is 2.80. The van der Waals surface area contributed by atoms with Gasteiger partial charge >= 0.3 is 0 Å². The van der Waals surface area contributed by atoms with Crippen LogP contribution in [0.3, 0.4) is 0 Å². The molecule has 17 heavy (non-hydrogen) atoms. The second kappa shape index (κ2) is 5.05. The number of benzene rings is 1. The van der Waals surface area contributed by atoms with Crippen molar-refractivity contribution < 1.29 is 4.79 Å². The van der Waals surface area contributed by atoms with Gasteiger partial charge in [0, 0.05) is 4.47 Å². The van der Waals surface area contributed by atoms with Crippen LogP contribution in [0.5, 0.6) is 0 Å².